The topological polar surface area (TPSA) is 78.0 Å². The first-order valence-corrected chi connectivity index (χ1v) is 6.25. The van der Waals surface area contributed by atoms with Gasteiger partial charge in [0, 0.05) is 19.8 Å². The number of hydrazine groups is 2. The van der Waals surface area contributed by atoms with E-state index in [1.54, 1.807) is 17.3 Å². The molecule has 0 aromatic heterocycles. The van der Waals surface area contributed by atoms with Crippen molar-refractivity contribution in [3.05, 3.63) is 48.5 Å². The van der Waals surface area contributed by atoms with Crippen molar-refractivity contribution in [1.82, 2.24) is 10.9 Å². The molecule has 0 radical (unpaired) electrons. The third-order valence-corrected chi connectivity index (χ3v) is 2.73. The first-order chi connectivity index (χ1) is 9.72. The summed E-state index contributed by atoms with van der Waals surface area (Å²) in [4.78, 5) is 0. The number of nitrogens with one attached hydrogen (secondary N) is 2. The number of rotatable bonds is 5. The number of hydrogen-bond acceptors (Lipinski definition) is 6. The fourth-order valence-corrected chi connectivity index (χ4v) is 1.69. The summed E-state index contributed by atoms with van der Waals surface area (Å²) >= 11 is 0. The van der Waals surface area contributed by atoms with Gasteiger partial charge >= 0.3 is 0 Å². The molecule has 0 aliphatic heterocycles. The van der Waals surface area contributed by atoms with Crippen LogP contribution in [0.2, 0.25) is 0 Å². The Kier molecular flexibility index (Phi) is 4.65. The summed E-state index contributed by atoms with van der Waals surface area (Å²) in [5.74, 6) is 0. The molecule has 4 N–H and O–H groups in total. The summed E-state index contributed by atoms with van der Waals surface area (Å²) in [6.45, 7) is 0. The van der Waals surface area contributed by atoms with Crippen molar-refractivity contribution in [3.63, 3.8) is 0 Å². The van der Waals surface area contributed by atoms with Gasteiger partial charge in [0.05, 0.1) is 17.1 Å². The van der Waals surface area contributed by atoms with E-state index >= 15 is 0 Å². The van der Waals surface area contributed by atoms with Gasteiger partial charge in [0.25, 0.3) is 0 Å². The van der Waals surface area contributed by atoms with Gasteiger partial charge in [0.1, 0.15) is 0 Å². The van der Waals surface area contributed by atoms with Crippen molar-refractivity contribution in [3.8, 4) is 0 Å². The van der Waals surface area contributed by atoms with E-state index in [0.717, 1.165) is 17.1 Å². The molecular weight excluding hydrogens is 252 g/mol. The van der Waals surface area contributed by atoms with Gasteiger partial charge in [-0.1, -0.05) is 0 Å². The molecular formula is C14H18N6. The Balaban J connectivity index is 2.08. The van der Waals surface area contributed by atoms with Gasteiger partial charge in [-0.25, -0.2) is 16.0 Å². The first kappa shape index (κ1) is 14.0. The van der Waals surface area contributed by atoms with Crippen LogP contribution < -0.4 is 21.7 Å². The van der Waals surface area contributed by atoms with Crippen molar-refractivity contribution in [1.29, 1.82) is 0 Å². The quantitative estimate of drug-likeness (QED) is 0.443. The molecule has 0 atom stereocenters. The molecule has 0 amide bonds. The molecule has 2 rings (SSSR count). The summed E-state index contributed by atoms with van der Waals surface area (Å²) in [7, 11) is 3.68. The zero-order valence-electron chi connectivity index (χ0n) is 11.5. The van der Waals surface area contributed by atoms with Gasteiger partial charge in [-0.15, -0.1) is 0 Å². The van der Waals surface area contributed by atoms with Crippen molar-refractivity contribution in [2.45, 2.75) is 0 Å². The van der Waals surface area contributed by atoms with Gasteiger partial charge in [-0.05, 0) is 48.5 Å². The summed E-state index contributed by atoms with van der Waals surface area (Å²) in [6.07, 6.45) is 0. The second-order valence-electron chi connectivity index (χ2n) is 4.09. The number of azo groups is 1. The molecule has 0 unspecified atom stereocenters. The number of nitrogens with zero attached hydrogens (tertiary/aromatic N) is 3. The molecule has 0 spiro atoms. The summed E-state index contributed by atoms with van der Waals surface area (Å²) in [5, 5.41) is 10.1. The molecule has 0 saturated carbocycles. The van der Waals surface area contributed by atoms with Crippen molar-refractivity contribution < 1.29 is 0 Å². The van der Waals surface area contributed by atoms with Crippen LogP contribution in [0.15, 0.2) is 58.8 Å². The second kappa shape index (κ2) is 6.65. The van der Waals surface area contributed by atoms with Gasteiger partial charge in [0.2, 0.25) is 0 Å². The maximum absolute atomic E-state index is 5.62. The molecule has 6 nitrogen and oxygen atoms in total. The monoisotopic (exact) mass is 270 g/mol. The number of nitrogen functional groups attached to an aromatic ring is 1. The van der Waals surface area contributed by atoms with Gasteiger partial charge in [0.15, 0.2) is 0 Å². The Hall–Kier alpha value is -2.44. The van der Waals surface area contributed by atoms with Gasteiger partial charge < -0.3 is 5.73 Å². The van der Waals surface area contributed by atoms with Crippen LogP contribution in [0.5, 0.6) is 0 Å². The van der Waals surface area contributed by atoms with E-state index in [0.29, 0.717) is 5.69 Å². The van der Waals surface area contributed by atoms with E-state index in [1.807, 2.05) is 50.5 Å². The molecule has 20 heavy (non-hydrogen) atoms. The molecule has 6 heteroatoms. The molecule has 2 aromatic carbocycles. The lowest BCUT2D eigenvalue weighted by atomic mass is 10.3. The SMILES string of the molecule is CNN(NC)c1ccc(N=Nc2ccc(N)cc2)cc1. The molecule has 104 valence electrons. The van der Waals surface area contributed by atoms with Crippen LogP contribution in [0.1, 0.15) is 0 Å². The fraction of sp³-hybridized carbons (Fsp3) is 0.143. The average Bonchev–Trinajstić information content (AvgIpc) is 2.49. The summed E-state index contributed by atoms with van der Waals surface area (Å²) in [5.41, 5.74) is 14.9. The van der Waals surface area contributed by atoms with Crippen LogP contribution in [0.25, 0.3) is 0 Å². The normalized spacial score (nSPS) is 10.9. The lowest BCUT2D eigenvalue weighted by molar-refractivity contribution is 0.624. The average molecular weight is 270 g/mol. The van der Waals surface area contributed by atoms with Crippen molar-refractivity contribution in [2.75, 3.05) is 24.9 Å². The predicted octanol–water partition coefficient (Wildman–Crippen LogP) is 2.76. The fourth-order valence-electron chi connectivity index (χ4n) is 1.69. The molecule has 0 bridgehead atoms. The maximum atomic E-state index is 5.62. The van der Waals surface area contributed by atoms with Crippen molar-refractivity contribution >= 4 is 22.7 Å². The molecule has 0 heterocycles. The minimum Gasteiger partial charge on any atom is -0.399 e. The van der Waals surface area contributed by atoms with E-state index in [2.05, 4.69) is 21.1 Å². The zero-order valence-corrected chi connectivity index (χ0v) is 11.5. The zero-order chi connectivity index (χ0) is 14.4. The molecule has 0 saturated heterocycles. The molecule has 2 aromatic rings. The summed E-state index contributed by atoms with van der Waals surface area (Å²) < 4.78 is 0. The van der Waals surface area contributed by atoms with Crippen LogP contribution in [0.3, 0.4) is 0 Å². The summed E-state index contributed by atoms with van der Waals surface area (Å²) in [6, 6.07) is 15.0. The lowest BCUT2D eigenvalue weighted by Crippen LogP contribution is -2.44. The third kappa shape index (κ3) is 3.53. The highest BCUT2D eigenvalue weighted by molar-refractivity contribution is 5.52. The Morgan fingerprint density at radius 3 is 1.70 bits per heavy atom. The van der Waals surface area contributed by atoms with E-state index in [4.69, 9.17) is 5.73 Å². The second-order valence-corrected chi connectivity index (χ2v) is 4.09. The van der Waals surface area contributed by atoms with E-state index in [1.165, 1.54) is 0 Å². The predicted molar refractivity (Wildman–Crippen MR) is 82.1 cm³/mol. The van der Waals surface area contributed by atoms with Crippen LogP contribution in [0, 0.1) is 0 Å². The smallest absolute Gasteiger partial charge is 0.0858 e. The largest absolute Gasteiger partial charge is 0.399 e. The molecule has 0 aliphatic carbocycles. The molecule has 0 aliphatic rings. The van der Waals surface area contributed by atoms with Crippen LogP contribution in [0.4, 0.5) is 22.7 Å². The van der Waals surface area contributed by atoms with Gasteiger partial charge in [-0.2, -0.15) is 10.2 Å². The Bertz CT molecular complexity index is 557. The lowest BCUT2D eigenvalue weighted by Gasteiger charge is -2.21. The number of benzene rings is 2. The minimum atomic E-state index is 0.715. The van der Waals surface area contributed by atoms with Crippen LogP contribution in [-0.4, -0.2) is 14.1 Å². The molecule has 0 fully saturated rings. The highest BCUT2D eigenvalue weighted by atomic mass is 15.7. The number of hydrogen-bond donors (Lipinski definition) is 3. The van der Waals surface area contributed by atoms with E-state index in [-0.39, 0.29) is 0 Å². The van der Waals surface area contributed by atoms with Crippen LogP contribution >= 0.6 is 0 Å². The standard InChI is InChI=1S/C14H18N6/c1-16-20(17-2)14-9-7-13(8-10-14)19-18-12-5-3-11(15)4-6-12/h3-10,16-17H,15H2,1-2H3. The van der Waals surface area contributed by atoms with E-state index < -0.39 is 0 Å². The van der Waals surface area contributed by atoms with Gasteiger partial charge in [-0.3, -0.25) is 0 Å². The van der Waals surface area contributed by atoms with E-state index in [9.17, 15) is 0 Å². The maximum Gasteiger partial charge on any atom is 0.0858 e. The van der Waals surface area contributed by atoms with Crippen molar-refractivity contribution in [2.24, 2.45) is 10.2 Å². The highest BCUT2D eigenvalue weighted by Crippen LogP contribution is 2.21. The Morgan fingerprint density at radius 2 is 1.25 bits per heavy atom. The Labute approximate surface area is 118 Å². The van der Waals surface area contributed by atoms with Crippen LogP contribution in [-0.2, 0) is 0 Å². The highest BCUT2D eigenvalue weighted by Gasteiger charge is 2.00. The first-order valence-electron chi connectivity index (χ1n) is 6.25. The third-order valence-electron chi connectivity index (χ3n) is 2.73. The minimum absolute atomic E-state index is 0.715. The number of nitrogens with two attached hydrogens (primary N) is 1. The Morgan fingerprint density at radius 1 is 0.800 bits per heavy atom. The number of anilines is 2.